The van der Waals surface area contributed by atoms with Crippen LogP contribution in [0.5, 0.6) is 0 Å². The van der Waals surface area contributed by atoms with Crippen LogP contribution in [0, 0.1) is 0 Å². The molecule has 9 heavy (non-hydrogen) atoms. The van der Waals surface area contributed by atoms with Gasteiger partial charge in [0.05, 0.1) is 0 Å². The molecule has 1 rings (SSSR count). The zero-order chi connectivity index (χ0) is 6.20. The first-order valence-corrected chi connectivity index (χ1v) is 1.96. The third kappa shape index (κ3) is 2.35. The van der Waals surface area contributed by atoms with Gasteiger partial charge in [-0.3, -0.25) is 4.79 Å². The molecule has 0 spiro atoms. The number of hydrogen-bond acceptors (Lipinski definition) is 3. The maximum atomic E-state index is 11.6. The van der Waals surface area contributed by atoms with E-state index < -0.39 is 19.7 Å². The van der Waals surface area contributed by atoms with Gasteiger partial charge < -0.3 is 17.9 Å². The molecule has 1 aliphatic heterocycles. The number of hydrogen-bond donors (Lipinski definition) is 0. The van der Waals surface area contributed by atoms with Gasteiger partial charge in [-0.25, -0.2) is 0 Å². The van der Waals surface area contributed by atoms with E-state index in [0.29, 0.717) is 0 Å². The molecule has 0 unspecified atom stereocenters. The summed E-state index contributed by atoms with van der Waals surface area (Å²) in [5.74, 6) is -1.00. The maximum absolute atomic E-state index is 11.6. The molecular formula is C2H2BF2LiO3. The second kappa shape index (κ2) is 2.69. The SMILES string of the molecule is O=C1CO[B-](F)(F)O1.[Li+]. The van der Waals surface area contributed by atoms with Gasteiger partial charge in [-0.2, -0.15) is 0 Å². The van der Waals surface area contributed by atoms with Crippen LogP contribution in [0.1, 0.15) is 0 Å². The van der Waals surface area contributed by atoms with Crippen molar-refractivity contribution >= 4 is 13.1 Å². The predicted molar refractivity (Wildman–Crippen MR) is 20.0 cm³/mol. The number of halogens is 2. The van der Waals surface area contributed by atoms with E-state index in [9.17, 15) is 13.4 Å². The summed E-state index contributed by atoms with van der Waals surface area (Å²) in [5, 5.41) is 0. The Balaban J connectivity index is 0.000000640. The second-order valence-corrected chi connectivity index (χ2v) is 1.34. The topological polar surface area (TPSA) is 35.5 Å². The van der Waals surface area contributed by atoms with Crippen LogP contribution in [0.2, 0.25) is 0 Å². The van der Waals surface area contributed by atoms with Crippen molar-refractivity contribution in [2.45, 2.75) is 0 Å². The molecule has 0 aliphatic carbocycles. The van der Waals surface area contributed by atoms with Crippen molar-refractivity contribution in [2.75, 3.05) is 6.61 Å². The minimum Gasteiger partial charge on any atom is -0.611 e. The van der Waals surface area contributed by atoms with Crippen LogP contribution in [0.15, 0.2) is 0 Å². The van der Waals surface area contributed by atoms with Gasteiger partial charge in [-0.15, -0.1) is 0 Å². The van der Waals surface area contributed by atoms with Crippen molar-refractivity contribution in [1.82, 2.24) is 0 Å². The summed E-state index contributed by atoms with van der Waals surface area (Å²) >= 11 is 0. The zero-order valence-corrected chi connectivity index (χ0v) is 4.77. The molecule has 3 nitrogen and oxygen atoms in total. The first-order valence-electron chi connectivity index (χ1n) is 1.96. The molecule has 0 radical (unpaired) electrons. The summed E-state index contributed by atoms with van der Waals surface area (Å²) in [7, 11) is -4.25. The molecule has 1 fully saturated rings. The standard InChI is InChI=1S/C2H2BF2O3.Li/c4-3(5)7-1-2(6)8-3;/h1H2;/q-1;+1. The monoisotopic (exact) mass is 130 g/mol. The van der Waals surface area contributed by atoms with E-state index in [2.05, 4.69) is 9.31 Å². The van der Waals surface area contributed by atoms with Crippen LogP contribution in [0.25, 0.3) is 0 Å². The van der Waals surface area contributed by atoms with Crippen LogP contribution in [-0.2, 0) is 14.1 Å². The summed E-state index contributed by atoms with van der Waals surface area (Å²) in [6.07, 6.45) is 0. The first-order chi connectivity index (χ1) is 3.60. The smallest absolute Gasteiger partial charge is 0.611 e. The second-order valence-electron chi connectivity index (χ2n) is 1.34. The normalized spacial score (nSPS) is 22.7. The molecule has 7 heteroatoms. The number of carbonyl (C=O) groups is 1. The fourth-order valence-corrected chi connectivity index (χ4v) is 0.386. The average molecular weight is 130 g/mol. The fourth-order valence-electron chi connectivity index (χ4n) is 0.386. The Morgan fingerprint density at radius 1 is 1.56 bits per heavy atom. The third-order valence-corrected chi connectivity index (χ3v) is 0.664. The maximum Gasteiger partial charge on any atom is 1.00 e. The third-order valence-electron chi connectivity index (χ3n) is 0.664. The Hall–Kier alpha value is -0.0477. The Morgan fingerprint density at radius 3 is 2.22 bits per heavy atom. The Kier molecular flexibility index (Phi) is 2.68. The fraction of sp³-hybridized carbons (Fsp3) is 0.500. The van der Waals surface area contributed by atoms with Crippen molar-refractivity contribution in [3.8, 4) is 0 Å². The molecule has 0 N–H and O–H groups in total. The Bertz CT molecular complexity index is 129. The van der Waals surface area contributed by atoms with Gasteiger partial charge in [-0.1, -0.05) is 0 Å². The molecule has 0 aromatic carbocycles. The Morgan fingerprint density at radius 2 is 2.11 bits per heavy atom. The molecule has 1 heterocycles. The Labute approximate surface area is 61.9 Å². The summed E-state index contributed by atoms with van der Waals surface area (Å²) < 4.78 is 30.2. The van der Waals surface area contributed by atoms with Gasteiger partial charge in [0.25, 0.3) is 5.97 Å². The molecule has 0 atom stereocenters. The van der Waals surface area contributed by atoms with E-state index in [1.807, 2.05) is 0 Å². The van der Waals surface area contributed by atoms with Crippen LogP contribution in [0.4, 0.5) is 8.63 Å². The molecule has 0 saturated carbocycles. The number of carbonyl (C=O) groups excluding carboxylic acids is 1. The van der Waals surface area contributed by atoms with Gasteiger partial charge in [0, 0.05) is 0 Å². The molecule has 1 saturated heterocycles. The van der Waals surface area contributed by atoms with Gasteiger partial charge in [-0.05, 0) is 0 Å². The summed E-state index contributed by atoms with van der Waals surface area (Å²) in [6, 6.07) is 0. The van der Waals surface area contributed by atoms with Crippen LogP contribution < -0.4 is 18.9 Å². The quantitative estimate of drug-likeness (QED) is 0.326. The summed E-state index contributed by atoms with van der Waals surface area (Å²) in [4.78, 5) is 9.85. The molecule has 0 aromatic heterocycles. The minimum absolute atomic E-state index is 0. The van der Waals surface area contributed by atoms with Gasteiger partial charge in [0.2, 0.25) is 0 Å². The van der Waals surface area contributed by atoms with Crippen molar-refractivity contribution in [2.24, 2.45) is 0 Å². The van der Waals surface area contributed by atoms with Crippen molar-refractivity contribution in [3.05, 3.63) is 0 Å². The average Bonchev–Trinajstić information content (AvgIpc) is 1.82. The summed E-state index contributed by atoms with van der Waals surface area (Å²) in [5.41, 5.74) is 0. The van der Waals surface area contributed by atoms with Crippen LogP contribution in [0.3, 0.4) is 0 Å². The molecule has 0 bridgehead atoms. The summed E-state index contributed by atoms with van der Waals surface area (Å²) in [6.45, 7) is -0.632. The van der Waals surface area contributed by atoms with Crippen molar-refractivity contribution < 1.29 is 41.6 Å². The van der Waals surface area contributed by atoms with E-state index in [1.54, 1.807) is 0 Å². The van der Waals surface area contributed by atoms with E-state index >= 15 is 0 Å². The van der Waals surface area contributed by atoms with Gasteiger partial charge in [0.15, 0.2) is 0 Å². The van der Waals surface area contributed by atoms with Crippen LogP contribution >= 0.6 is 0 Å². The molecular weight excluding hydrogens is 128 g/mol. The minimum atomic E-state index is -4.25. The molecule has 0 amide bonds. The molecule has 1 aliphatic rings. The largest absolute Gasteiger partial charge is 1.00 e. The predicted octanol–water partition coefficient (Wildman–Crippen LogP) is -3.06. The zero-order valence-electron chi connectivity index (χ0n) is 4.77. The van der Waals surface area contributed by atoms with Gasteiger partial charge in [0.1, 0.15) is 6.61 Å². The van der Waals surface area contributed by atoms with E-state index in [-0.39, 0.29) is 18.9 Å². The van der Waals surface area contributed by atoms with E-state index in [4.69, 9.17) is 0 Å². The van der Waals surface area contributed by atoms with E-state index in [0.717, 1.165) is 0 Å². The van der Waals surface area contributed by atoms with Gasteiger partial charge >= 0.3 is 26.0 Å². The van der Waals surface area contributed by atoms with Crippen molar-refractivity contribution in [1.29, 1.82) is 0 Å². The van der Waals surface area contributed by atoms with E-state index in [1.165, 1.54) is 0 Å². The molecule has 0 aromatic rings. The first kappa shape index (κ1) is 8.95. The van der Waals surface area contributed by atoms with Crippen LogP contribution in [-0.4, -0.2) is 19.7 Å². The number of rotatable bonds is 0. The van der Waals surface area contributed by atoms with Crippen molar-refractivity contribution in [3.63, 3.8) is 0 Å². The molecule has 46 valence electrons.